The van der Waals surface area contributed by atoms with Crippen LogP contribution < -0.4 is 4.74 Å². The lowest BCUT2D eigenvalue weighted by atomic mass is 9.66. The third-order valence-corrected chi connectivity index (χ3v) is 4.83. The van der Waals surface area contributed by atoms with Gasteiger partial charge in [-0.25, -0.2) is 0 Å². The molecule has 22 heavy (non-hydrogen) atoms. The maximum atomic E-state index is 12.1. The lowest BCUT2D eigenvalue weighted by Gasteiger charge is -2.43. The van der Waals surface area contributed by atoms with Crippen LogP contribution in [-0.4, -0.2) is 30.4 Å². The maximum absolute atomic E-state index is 12.1. The highest BCUT2D eigenvalue weighted by Gasteiger charge is 2.47. The lowest BCUT2D eigenvalue weighted by molar-refractivity contribution is -0.161. The SMILES string of the molecule is CCOC(=O)C(C)C1(O)CCCCC1c1ccc(OC)cc1. The van der Waals surface area contributed by atoms with Crippen molar-refractivity contribution in [2.45, 2.75) is 51.0 Å². The number of rotatable bonds is 5. The summed E-state index contributed by atoms with van der Waals surface area (Å²) in [5.41, 5.74) is 0.0122. The highest BCUT2D eigenvalue weighted by molar-refractivity contribution is 5.73. The van der Waals surface area contributed by atoms with E-state index in [4.69, 9.17) is 9.47 Å². The molecule has 0 aliphatic heterocycles. The van der Waals surface area contributed by atoms with E-state index in [-0.39, 0.29) is 11.9 Å². The Kier molecular flexibility index (Phi) is 5.46. The molecule has 122 valence electrons. The van der Waals surface area contributed by atoms with Crippen molar-refractivity contribution in [3.05, 3.63) is 29.8 Å². The van der Waals surface area contributed by atoms with E-state index in [2.05, 4.69) is 0 Å². The zero-order chi connectivity index (χ0) is 16.2. The molecule has 2 rings (SSSR count). The van der Waals surface area contributed by atoms with Gasteiger partial charge in [0.2, 0.25) is 0 Å². The van der Waals surface area contributed by atoms with Crippen molar-refractivity contribution in [3.63, 3.8) is 0 Å². The molecule has 1 saturated carbocycles. The molecule has 4 nitrogen and oxygen atoms in total. The van der Waals surface area contributed by atoms with Gasteiger partial charge in [-0.2, -0.15) is 0 Å². The van der Waals surface area contributed by atoms with Crippen molar-refractivity contribution in [1.82, 2.24) is 0 Å². The molecule has 1 aromatic rings. The van der Waals surface area contributed by atoms with E-state index in [0.29, 0.717) is 13.0 Å². The molecule has 0 radical (unpaired) electrons. The molecular formula is C18H26O4. The van der Waals surface area contributed by atoms with Crippen LogP contribution in [0.3, 0.4) is 0 Å². The summed E-state index contributed by atoms with van der Waals surface area (Å²) >= 11 is 0. The predicted molar refractivity (Wildman–Crippen MR) is 84.9 cm³/mol. The van der Waals surface area contributed by atoms with Crippen LogP contribution in [0.5, 0.6) is 5.75 Å². The second kappa shape index (κ2) is 7.14. The Bertz CT molecular complexity index is 496. The number of carbonyl (C=O) groups excluding carboxylic acids is 1. The summed E-state index contributed by atoms with van der Waals surface area (Å²) < 4.78 is 10.3. The fourth-order valence-corrected chi connectivity index (χ4v) is 3.46. The van der Waals surface area contributed by atoms with Gasteiger partial charge in [-0.05, 0) is 44.4 Å². The van der Waals surface area contributed by atoms with Gasteiger partial charge in [0.25, 0.3) is 0 Å². The summed E-state index contributed by atoms with van der Waals surface area (Å²) in [5, 5.41) is 11.2. The third kappa shape index (κ3) is 3.27. The second-order valence-electron chi connectivity index (χ2n) is 6.04. The molecule has 3 unspecified atom stereocenters. The van der Waals surface area contributed by atoms with E-state index in [1.54, 1.807) is 21.0 Å². The van der Waals surface area contributed by atoms with Crippen molar-refractivity contribution >= 4 is 5.97 Å². The second-order valence-corrected chi connectivity index (χ2v) is 6.04. The number of benzene rings is 1. The molecular weight excluding hydrogens is 280 g/mol. The summed E-state index contributed by atoms with van der Waals surface area (Å²) in [7, 11) is 1.63. The van der Waals surface area contributed by atoms with Gasteiger partial charge >= 0.3 is 5.97 Å². The lowest BCUT2D eigenvalue weighted by Crippen LogP contribution is -2.48. The Morgan fingerprint density at radius 1 is 1.36 bits per heavy atom. The summed E-state index contributed by atoms with van der Waals surface area (Å²) in [5.74, 6) is -0.0987. The quantitative estimate of drug-likeness (QED) is 0.848. The molecule has 4 heteroatoms. The predicted octanol–water partition coefficient (Wildman–Crippen LogP) is 3.28. The molecule has 1 fully saturated rings. The van der Waals surface area contributed by atoms with Gasteiger partial charge in [0.1, 0.15) is 5.75 Å². The number of ether oxygens (including phenoxy) is 2. The zero-order valence-electron chi connectivity index (χ0n) is 13.7. The van der Waals surface area contributed by atoms with Crippen LogP contribution in [0.25, 0.3) is 0 Å². The van der Waals surface area contributed by atoms with E-state index >= 15 is 0 Å². The minimum absolute atomic E-state index is 0.0495. The monoisotopic (exact) mass is 306 g/mol. The van der Waals surface area contributed by atoms with E-state index < -0.39 is 11.5 Å². The fraction of sp³-hybridized carbons (Fsp3) is 0.611. The van der Waals surface area contributed by atoms with Crippen molar-refractivity contribution < 1.29 is 19.4 Å². The number of methoxy groups -OCH3 is 1. The van der Waals surface area contributed by atoms with Gasteiger partial charge in [-0.15, -0.1) is 0 Å². The normalized spacial score (nSPS) is 26.3. The topological polar surface area (TPSA) is 55.8 Å². The summed E-state index contributed by atoms with van der Waals surface area (Å²) in [6.45, 7) is 3.91. The van der Waals surface area contributed by atoms with Gasteiger partial charge in [0, 0.05) is 5.92 Å². The Labute approximate surface area is 132 Å². The summed E-state index contributed by atoms with van der Waals surface area (Å²) in [4.78, 5) is 12.1. The molecule has 0 amide bonds. The highest BCUT2D eigenvalue weighted by Crippen LogP contribution is 2.45. The number of hydrogen-bond donors (Lipinski definition) is 1. The van der Waals surface area contributed by atoms with E-state index in [9.17, 15) is 9.90 Å². The van der Waals surface area contributed by atoms with Crippen LogP contribution in [0.15, 0.2) is 24.3 Å². The molecule has 0 heterocycles. The molecule has 0 spiro atoms. The summed E-state index contributed by atoms with van der Waals surface area (Å²) in [6, 6.07) is 7.77. The first-order valence-electron chi connectivity index (χ1n) is 8.06. The fourth-order valence-electron chi connectivity index (χ4n) is 3.46. The molecule has 3 atom stereocenters. The van der Waals surface area contributed by atoms with Crippen molar-refractivity contribution in [3.8, 4) is 5.75 Å². The zero-order valence-corrected chi connectivity index (χ0v) is 13.7. The molecule has 0 aromatic heterocycles. The van der Waals surface area contributed by atoms with E-state index in [1.807, 2.05) is 24.3 Å². The van der Waals surface area contributed by atoms with Crippen LogP contribution in [0.1, 0.15) is 51.0 Å². The molecule has 1 aliphatic carbocycles. The van der Waals surface area contributed by atoms with E-state index in [1.165, 1.54) is 0 Å². The van der Waals surface area contributed by atoms with Gasteiger partial charge in [-0.3, -0.25) is 4.79 Å². The van der Waals surface area contributed by atoms with Gasteiger partial charge in [0.15, 0.2) is 0 Å². The first-order valence-corrected chi connectivity index (χ1v) is 8.06. The van der Waals surface area contributed by atoms with Gasteiger partial charge in [-0.1, -0.05) is 25.0 Å². The Morgan fingerprint density at radius 2 is 2.05 bits per heavy atom. The molecule has 1 aliphatic rings. The van der Waals surface area contributed by atoms with Crippen LogP contribution in [0, 0.1) is 5.92 Å². The maximum Gasteiger partial charge on any atom is 0.311 e. The summed E-state index contributed by atoms with van der Waals surface area (Å²) in [6.07, 6.45) is 3.51. The first-order chi connectivity index (χ1) is 10.5. The number of aliphatic hydroxyl groups is 1. The van der Waals surface area contributed by atoms with Crippen molar-refractivity contribution in [2.75, 3.05) is 13.7 Å². The third-order valence-electron chi connectivity index (χ3n) is 4.83. The number of carbonyl (C=O) groups is 1. The first kappa shape index (κ1) is 16.8. The molecule has 0 bridgehead atoms. The standard InChI is InChI=1S/C18H26O4/c1-4-22-17(19)13(2)18(20)12-6-5-7-16(18)14-8-10-15(21-3)11-9-14/h8-11,13,16,20H,4-7,12H2,1-3H3. The van der Waals surface area contributed by atoms with Crippen molar-refractivity contribution in [2.24, 2.45) is 5.92 Å². The van der Waals surface area contributed by atoms with Crippen LogP contribution in [-0.2, 0) is 9.53 Å². The van der Waals surface area contributed by atoms with Crippen molar-refractivity contribution in [1.29, 1.82) is 0 Å². The Hall–Kier alpha value is -1.55. The average molecular weight is 306 g/mol. The highest BCUT2D eigenvalue weighted by atomic mass is 16.5. The molecule has 1 aromatic carbocycles. The largest absolute Gasteiger partial charge is 0.497 e. The van der Waals surface area contributed by atoms with Crippen LogP contribution in [0.2, 0.25) is 0 Å². The minimum atomic E-state index is -1.04. The molecule has 1 N–H and O–H groups in total. The van der Waals surface area contributed by atoms with Gasteiger partial charge in [0.05, 0.1) is 25.2 Å². The molecule has 0 saturated heterocycles. The Balaban J connectivity index is 2.27. The van der Waals surface area contributed by atoms with Crippen LogP contribution in [0.4, 0.5) is 0 Å². The Morgan fingerprint density at radius 3 is 2.64 bits per heavy atom. The number of hydrogen-bond acceptors (Lipinski definition) is 4. The van der Waals surface area contributed by atoms with E-state index in [0.717, 1.165) is 30.6 Å². The number of esters is 1. The van der Waals surface area contributed by atoms with Gasteiger partial charge < -0.3 is 14.6 Å². The average Bonchev–Trinajstić information content (AvgIpc) is 2.55. The van der Waals surface area contributed by atoms with Crippen LogP contribution >= 0.6 is 0 Å². The minimum Gasteiger partial charge on any atom is -0.497 e. The smallest absolute Gasteiger partial charge is 0.311 e.